The molecule has 1 amide bonds. The van der Waals surface area contributed by atoms with E-state index in [0.29, 0.717) is 40.7 Å². The summed E-state index contributed by atoms with van der Waals surface area (Å²) in [5.41, 5.74) is 1.72. The van der Waals surface area contributed by atoms with Crippen LogP contribution in [0.3, 0.4) is 0 Å². The van der Waals surface area contributed by atoms with Crippen molar-refractivity contribution in [1.82, 2.24) is 0 Å². The first-order valence-electron chi connectivity index (χ1n) is 7.98. The number of amides is 1. The van der Waals surface area contributed by atoms with Crippen molar-refractivity contribution in [1.29, 1.82) is 0 Å². The molecule has 0 atom stereocenters. The van der Waals surface area contributed by atoms with E-state index >= 15 is 0 Å². The molecule has 3 rings (SSSR count). The van der Waals surface area contributed by atoms with Crippen LogP contribution in [0.4, 0.5) is 10.1 Å². The van der Waals surface area contributed by atoms with Crippen LogP contribution in [0.1, 0.15) is 23.0 Å². The fraction of sp³-hybridized carbons (Fsp3) is 0.150. The van der Waals surface area contributed by atoms with Gasteiger partial charge in [0, 0.05) is 5.56 Å². The van der Waals surface area contributed by atoms with Crippen LogP contribution in [0, 0.1) is 12.7 Å². The highest BCUT2D eigenvalue weighted by Gasteiger charge is 2.17. The van der Waals surface area contributed by atoms with Crippen molar-refractivity contribution in [3.05, 3.63) is 71.7 Å². The van der Waals surface area contributed by atoms with Gasteiger partial charge in [-0.1, -0.05) is 12.1 Å². The molecule has 1 aromatic heterocycles. The summed E-state index contributed by atoms with van der Waals surface area (Å²) in [4.78, 5) is 12.6. The highest BCUT2D eigenvalue weighted by molar-refractivity contribution is 6.06. The Morgan fingerprint density at radius 1 is 1.16 bits per heavy atom. The number of hydrogen-bond acceptors (Lipinski definition) is 3. The minimum atomic E-state index is -0.322. The Labute approximate surface area is 145 Å². The lowest BCUT2D eigenvalue weighted by Gasteiger charge is -2.10. The van der Waals surface area contributed by atoms with Gasteiger partial charge in [-0.3, -0.25) is 4.79 Å². The standard InChI is InChI=1S/C20H18FNO3/c1-3-24-18-7-5-4-6-17(18)22-20(23)16-12-19(25-13(16)2)14-8-10-15(21)11-9-14/h4-12H,3H2,1-2H3,(H,22,23). The normalized spacial score (nSPS) is 10.5. The largest absolute Gasteiger partial charge is 0.492 e. The molecule has 1 N–H and O–H groups in total. The number of para-hydroxylation sites is 2. The first kappa shape index (κ1) is 16.8. The summed E-state index contributed by atoms with van der Waals surface area (Å²) in [5, 5.41) is 2.84. The number of anilines is 1. The number of carbonyl (C=O) groups is 1. The first-order chi connectivity index (χ1) is 12.1. The van der Waals surface area contributed by atoms with Gasteiger partial charge in [-0.05, 0) is 56.3 Å². The van der Waals surface area contributed by atoms with Crippen molar-refractivity contribution in [2.75, 3.05) is 11.9 Å². The maximum absolute atomic E-state index is 13.1. The van der Waals surface area contributed by atoms with Crippen molar-refractivity contribution in [3.63, 3.8) is 0 Å². The van der Waals surface area contributed by atoms with E-state index in [1.54, 1.807) is 37.3 Å². The number of benzene rings is 2. The van der Waals surface area contributed by atoms with E-state index in [4.69, 9.17) is 9.15 Å². The number of carbonyl (C=O) groups excluding carboxylic acids is 1. The maximum atomic E-state index is 13.1. The average molecular weight is 339 g/mol. The van der Waals surface area contributed by atoms with Crippen LogP contribution in [0.2, 0.25) is 0 Å². The second-order valence-corrected chi connectivity index (χ2v) is 5.47. The zero-order valence-corrected chi connectivity index (χ0v) is 14.0. The number of aryl methyl sites for hydroxylation is 1. The van der Waals surface area contributed by atoms with Crippen molar-refractivity contribution in [2.45, 2.75) is 13.8 Å². The molecule has 0 aliphatic carbocycles. The van der Waals surface area contributed by atoms with Crippen LogP contribution in [-0.4, -0.2) is 12.5 Å². The molecule has 0 fully saturated rings. The summed E-state index contributed by atoms with van der Waals surface area (Å²) in [6.07, 6.45) is 0. The highest BCUT2D eigenvalue weighted by Crippen LogP contribution is 2.28. The molecular weight excluding hydrogens is 321 g/mol. The lowest BCUT2D eigenvalue weighted by atomic mass is 10.1. The van der Waals surface area contributed by atoms with Crippen LogP contribution >= 0.6 is 0 Å². The SMILES string of the molecule is CCOc1ccccc1NC(=O)c1cc(-c2ccc(F)cc2)oc1C. The van der Waals surface area contributed by atoms with E-state index in [2.05, 4.69) is 5.32 Å². The molecule has 0 unspecified atom stereocenters. The number of rotatable bonds is 5. The fourth-order valence-electron chi connectivity index (χ4n) is 2.50. The molecule has 25 heavy (non-hydrogen) atoms. The third kappa shape index (κ3) is 3.71. The molecule has 0 saturated carbocycles. The topological polar surface area (TPSA) is 51.5 Å². The lowest BCUT2D eigenvalue weighted by molar-refractivity contribution is 0.102. The van der Waals surface area contributed by atoms with Crippen molar-refractivity contribution in [2.24, 2.45) is 0 Å². The number of nitrogens with one attached hydrogen (secondary N) is 1. The van der Waals surface area contributed by atoms with Crippen molar-refractivity contribution < 1.29 is 18.3 Å². The van der Waals surface area contributed by atoms with E-state index < -0.39 is 0 Å². The Balaban J connectivity index is 1.85. The fourth-order valence-corrected chi connectivity index (χ4v) is 2.50. The molecule has 0 bridgehead atoms. The van der Waals surface area contributed by atoms with Gasteiger partial charge in [0.25, 0.3) is 5.91 Å². The molecule has 2 aromatic carbocycles. The van der Waals surface area contributed by atoms with Crippen LogP contribution < -0.4 is 10.1 Å². The van der Waals surface area contributed by atoms with Gasteiger partial charge in [-0.15, -0.1) is 0 Å². The minimum Gasteiger partial charge on any atom is -0.492 e. The Kier molecular flexibility index (Phi) is 4.84. The number of halogens is 1. The quantitative estimate of drug-likeness (QED) is 0.708. The van der Waals surface area contributed by atoms with Gasteiger partial charge in [0.1, 0.15) is 23.1 Å². The highest BCUT2D eigenvalue weighted by atomic mass is 19.1. The molecule has 3 aromatic rings. The molecule has 0 aliphatic rings. The predicted octanol–water partition coefficient (Wildman–Crippen LogP) is 5.05. The van der Waals surface area contributed by atoms with Gasteiger partial charge in [0.2, 0.25) is 0 Å². The lowest BCUT2D eigenvalue weighted by Crippen LogP contribution is -2.13. The average Bonchev–Trinajstić information content (AvgIpc) is 2.99. The Morgan fingerprint density at radius 2 is 1.88 bits per heavy atom. The molecule has 128 valence electrons. The van der Waals surface area contributed by atoms with Crippen LogP contribution in [-0.2, 0) is 0 Å². The summed E-state index contributed by atoms with van der Waals surface area (Å²) in [5.74, 6) is 1.00. The third-order valence-electron chi connectivity index (χ3n) is 3.73. The van der Waals surface area contributed by atoms with Gasteiger partial charge in [0.15, 0.2) is 0 Å². The number of hydrogen-bond donors (Lipinski definition) is 1. The molecule has 1 heterocycles. The smallest absolute Gasteiger partial charge is 0.259 e. The molecule has 0 radical (unpaired) electrons. The summed E-state index contributed by atoms with van der Waals surface area (Å²) in [6, 6.07) is 14.8. The molecule has 0 aliphatic heterocycles. The predicted molar refractivity (Wildman–Crippen MR) is 94.4 cm³/mol. The van der Waals surface area contributed by atoms with Crippen molar-refractivity contribution >= 4 is 11.6 Å². The molecular formula is C20H18FNO3. The Bertz CT molecular complexity index is 884. The maximum Gasteiger partial charge on any atom is 0.259 e. The molecule has 0 saturated heterocycles. The Morgan fingerprint density at radius 3 is 2.60 bits per heavy atom. The molecule has 0 spiro atoms. The summed E-state index contributed by atoms with van der Waals surface area (Å²) in [6.45, 7) is 4.11. The summed E-state index contributed by atoms with van der Waals surface area (Å²) >= 11 is 0. The van der Waals surface area contributed by atoms with E-state index in [1.165, 1.54) is 12.1 Å². The number of furan rings is 1. The van der Waals surface area contributed by atoms with Crippen LogP contribution in [0.15, 0.2) is 59.0 Å². The van der Waals surface area contributed by atoms with E-state index in [1.807, 2.05) is 19.1 Å². The summed E-state index contributed by atoms with van der Waals surface area (Å²) in [7, 11) is 0. The minimum absolute atomic E-state index is 0.290. The number of ether oxygens (including phenoxy) is 1. The van der Waals surface area contributed by atoms with Gasteiger partial charge >= 0.3 is 0 Å². The Hall–Kier alpha value is -3.08. The monoisotopic (exact) mass is 339 g/mol. The summed E-state index contributed by atoms with van der Waals surface area (Å²) < 4.78 is 24.2. The van der Waals surface area contributed by atoms with Crippen LogP contribution in [0.5, 0.6) is 5.75 Å². The molecule has 4 nitrogen and oxygen atoms in total. The van der Waals surface area contributed by atoms with Gasteiger partial charge in [0.05, 0.1) is 17.9 Å². The third-order valence-corrected chi connectivity index (χ3v) is 3.73. The van der Waals surface area contributed by atoms with Gasteiger partial charge < -0.3 is 14.5 Å². The zero-order valence-electron chi connectivity index (χ0n) is 14.0. The van der Waals surface area contributed by atoms with Crippen molar-refractivity contribution in [3.8, 4) is 17.1 Å². The second kappa shape index (κ2) is 7.21. The first-order valence-corrected chi connectivity index (χ1v) is 7.98. The van der Waals surface area contributed by atoms with Gasteiger partial charge in [-0.25, -0.2) is 4.39 Å². The van der Waals surface area contributed by atoms with Gasteiger partial charge in [-0.2, -0.15) is 0 Å². The second-order valence-electron chi connectivity index (χ2n) is 5.47. The van der Waals surface area contributed by atoms with E-state index in [9.17, 15) is 9.18 Å². The molecule has 5 heteroatoms. The van der Waals surface area contributed by atoms with E-state index in [-0.39, 0.29) is 11.7 Å². The zero-order chi connectivity index (χ0) is 17.8. The van der Waals surface area contributed by atoms with Crippen LogP contribution in [0.25, 0.3) is 11.3 Å². The van der Waals surface area contributed by atoms with E-state index in [0.717, 1.165) is 0 Å².